The Kier molecular flexibility index (Phi) is 5.09. The second-order valence-electron chi connectivity index (χ2n) is 2.16. The zero-order chi connectivity index (χ0) is 5.70. The average Bonchev–Trinajstić information content (AvgIpc) is 1.61. The molecule has 7 heavy (non-hydrogen) atoms. The van der Waals surface area contributed by atoms with Gasteiger partial charge in [0.05, 0.1) is 0 Å². The third kappa shape index (κ3) is 6.56. The van der Waals surface area contributed by atoms with Crippen molar-refractivity contribution in [3.63, 3.8) is 0 Å². The summed E-state index contributed by atoms with van der Waals surface area (Å²) < 4.78 is 0. The minimum absolute atomic E-state index is 0.243. The number of hydrogen-bond donors (Lipinski definition) is 0. The monoisotopic (exact) mass is 162 g/mol. The molecule has 0 unspecified atom stereocenters. The van der Waals surface area contributed by atoms with Crippen LogP contribution in [0, 0.1) is 0 Å². The van der Waals surface area contributed by atoms with Crippen molar-refractivity contribution in [2.45, 2.75) is 36.4 Å². The van der Waals surface area contributed by atoms with Crippen LogP contribution in [0.3, 0.4) is 0 Å². The van der Waals surface area contributed by atoms with E-state index in [1.807, 2.05) is 0 Å². The molecule has 0 saturated heterocycles. The molecule has 0 aliphatic heterocycles. The van der Waals surface area contributed by atoms with Gasteiger partial charge in [-0.2, -0.15) is 0 Å². The first-order chi connectivity index (χ1) is 3.27. The molecule has 0 fully saturated rings. The summed E-state index contributed by atoms with van der Waals surface area (Å²) in [6.45, 7) is 2.26. The maximum atomic E-state index is 2.42. The molecule has 0 radical (unpaired) electrons. The first-order valence-corrected chi connectivity index (χ1v) is 8.00. The Bertz CT molecular complexity index is 33.2. The zero-order valence-electron chi connectivity index (χ0n) is 5.57. The van der Waals surface area contributed by atoms with E-state index in [0.717, 1.165) is 0 Å². The summed E-state index contributed by atoms with van der Waals surface area (Å²) in [5.74, 6) is 0. The van der Waals surface area contributed by atoms with Gasteiger partial charge in [-0.25, -0.2) is 0 Å². The molecule has 0 heterocycles. The Morgan fingerprint density at radius 3 is 2.00 bits per heavy atom. The molecular formula is C6H15As. The van der Waals surface area contributed by atoms with Crippen LogP contribution in [0.1, 0.15) is 19.8 Å². The van der Waals surface area contributed by atoms with Crippen LogP contribution >= 0.6 is 0 Å². The van der Waals surface area contributed by atoms with Crippen molar-refractivity contribution >= 4 is 14.7 Å². The Morgan fingerprint density at radius 2 is 1.86 bits per heavy atom. The molecule has 0 nitrogen and oxygen atoms in total. The van der Waals surface area contributed by atoms with E-state index >= 15 is 0 Å². The summed E-state index contributed by atoms with van der Waals surface area (Å²) in [5.41, 5.74) is 4.84. The fraction of sp³-hybridized carbons (Fsp3) is 1.00. The molecule has 0 amide bonds. The normalized spacial score (nSPS) is 10.3. The van der Waals surface area contributed by atoms with E-state index in [0.29, 0.717) is 0 Å². The summed E-state index contributed by atoms with van der Waals surface area (Å²) in [5, 5.41) is 1.55. The molecule has 0 aromatic carbocycles. The molecule has 44 valence electrons. The molecule has 0 aliphatic carbocycles. The van der Waals surface area contributed by atoms with Gasteiger partial charge in [0.25, 0.3) is 0 Å². The van der Waals surface area contributed by atoms with Gasteiger partial charge in [0.15, 0.2) is 0 Å². The predicted molar refractivity (Wildman–Crippen MR) is 37.2 cm³/mol. The molecule has 0 bridgehead atoms. The van der Waals surface area contributed by atoms with Crippen molar-refractivity contribution in [2.75, 3.05) is 0 Å². The van der Waals surface area contributed by atoms with Gasteiger partial charge >= 0.3 is 51.0 Å². The molecule has 1 heteroatoms. The number of rotatable bonds is 3. The van der Waals surface area contributed by atoms with Gasteiger partial charge in [-0.3, -0.25) is 0 Å². The summed E-state index contributed by atoms with van der Waals surface area (Å²) in [7, 11) is 0. The molecule has 0 aromatic heterocycles. The van der Waals surface area contributed by atoms with Crippen molar-refractivity contribution in [1.82, 2.24) is 0 Å². The van der Waals surface area contributed by atoms with Gasteiger partial charge in [0, 0.05) is 0 Å². The van der Waals surface area contributed by atoms with Crippen molar-refractivity contribution in [2.24, 2.45) is 0 Å². The second kappa shape index (κ2) is 4.71. The minimum atomic E-state index is -0.243. The fourth-order valence-corrected chi connectivity index (χ4v) is 2.46. The van der Waals surface area contributed by atoms with Gasteiger partial charge in [-0.1, -0.05) is 0 Å². The maximum absolute atomic E-state index is 2.42. The van der Waals surface area contributed by atoms with Crippen LogP contribution in [0.25, 0.3) is 0 Å². The molecule has 0 aliphatic rings. The SMILES string of the molecule is CCCC[As](C)C. The van der Waals surface area contributed by atoms with Crippen LogP contribution in [-0.4, -0.2) is 14.7 Å². The van der Waals surface area contributed by atoms with Gasteiger partial charge in [0.2, 0.25) is 0 Å². The molecular weight excluding hydrogens is 147 g/mol. The molecule has 0 saturated carbocycles. The van der Waals surface area contributed by atoms with Crippen molar-refractivity contribution in [1.29, 1.82) is 0 Å². The van der Waals surface area contributed by atoms with Crippen LogP contribution in [0.5, 0.6) is 0 Å². The van der Waals surface area contributed by atoms with E-state index in [9.17, 15) is 0 Å². The Labute approximate surface area is 51.6 Å². The Hall–Kier alpha value is 0.558. The Morgan fingerprint density at radius 1 is 1.29 bits per heavy atom. The summed E-state index contributed by atoms with van der Waals surface area (Å²) >= 11 is -0.243. The zero-order valence-corrected chi connectivity index (χ0v) is 7.45. The van der Waals surface area contributed by atoms with Crippen LogP contribution in [-0.2, 0) is 0 Å². The first kappa shape index (κ1) is 7.56. The van der Waals surface area contributed by atoms with E-state index < -0.39 is 0 Å². The van der Waals surface area contributed by atoms with E-state index in [1.165, 1.54) is 12.8 Å². The van der Waals surface area contributed by atoms with Gasteiger partial charge < -0.3 is 0 Å². The van der Waals surface area contributed by atoms with E-state index in [1.54, 1.807) is 5.21 Å². The Balaban J connectivity index is 2.68. The predicted octanol–water partition coefficient (Wildman–Crippen LogP) is 2.54. The third-order valence-electron chi connectivity index (χ3n) is 0.959. The molecule has 0 spiro atoms. The van der Waals surface area contributed by atoms with Gasteiger partial charge in [-0.15, -0.1) is 0 Å². The second-order valence-corrected chi connectivity index (χ2v) is 7.63. The molecule has 0 rings (SSSR count). The fourth-order valence-electron chi connectivity index (χ4n) is 0.474. The molecule has 0 atom stereocenters. The summed E-state index contributed by atoms with van der Waals surface area (Å²) in [6, 6.07) is 0. The van der Waals surface area contributed by atoms with Crippen molar-refractivity contribution < 1.29 is 0 Å². The van der Waals surface area contributed by atoms with Crippen LogP contribution in [0.4, 0.5) is 0 Å². The summed E-state index contributed by atoms with van der Waals surface area (Å²) in [6.07, 6.45) is 2.85. The van der Waals surface area contributed by atoms with Gasteiger partial charge in [-0.05, 0) is 0 Å². The topological polar surface area (TPSA) is 0 Å². The van der Waals surface area contributed by atoms with E-state index in [-0.39, 0.29) is 14.7 Å². The van der Waals surface area contributed by atoms with Gasteiger partial charge in [0.1, 0.15) is 0 Å². The van der Waals surface area contributed by atoms with Crippen LogP contribution in [0.2, 0.25) is 16.6 Å². The van der Waals surface area contributed by atoms with Crippen molar-refractivity contribution in [3.8, 4) is 0 Å². The first-order valence-electron chi connectivity index (χ1n) is 2.92. The quantitative estimate of drug-likeness (QED) is 0.559. The van der Waals surface area contributed by atoms with Crippen molar-refractivity contribution in [3.05, 3.63) is 0 Å². The van der Waals surface area contributed by atoms with E-state index in [2.05, 4.69) is 18.3 Å². The standard InChI is InChI=1S/C6H15As/c1-4-5-6-7(2)3/h4-6H2,1-3H3. The van der Waals surface area contributed by atoms with E-state index in [4.69, 9.17) is 0 Å². The number of unbranched alkanes of at least 4 members (excludes halogenated alkanes) is 1. The van der Waals surface area contributed by atoms with Crippen LogP contribution < -0.4 is 0 Å². The molecule has 0 N–H and O–H groups in total. The molecule has 0 aromatic rings. The summed E-state index contributed by atoms with van der Waals surface area (Å²) in [4.78, 5) is 0. The average molecular weight is 162 g/mol. The number of hydrogen-bond acceptors (Lipinski definition) is 0. The third-order valence-corrected chi connectivity index (χ3v) is 3.50. The van der Waals surface area contributed by atoms with Crippen LogP contribution in [0.15, 0.2) is 0 Å².